The maximum Gasteiger partial charge on any atom is 0.220 e. The van der Waals surface area contributed by atoms with Gasteiger partial charge in [-0.1, -0.05) is 20.8 Å². The second-order valence-corrected chi connectivity index (χ2v) is 6.70. The number of amides is 1. The summed E-state index contributed by atoms with van der Waals surface area (Å²) in [6.45, 7) is 7.45. The molecule has 2 rings (SSSR count). The maximum atomic E-state index is 11.9. The molecule has 4 heteroatoms. The number of fused-ring (bicyclic) bond motifs is 2. The number of nitrogens with one attached hydrogen (secondary N) is 2. The number of hydrogen-bond acceptors (Lipinski definition) is 2. The van der Waals surface area contributed by atoms with Gasteiger partial charge in [-0.3, -0.25) is 4.79 Å². The molecule has 0 aromatic carbocycles. The van der Waals surface area contributed by atoms with Crippen LogP contribution in [0.4, 0.5) is 0 Å². The summed E-state index contributed by atoms with van der Waals surface area (Å²) in [6, 6.07) is 1.38. The molecular weight excluding hydrogens is 260 g/mol. The molecule has 0 spiro atoms. The van der Waals surface area contributed by atoms with Crippen molar-refractivity contribution in [3.63, 3.8) is 0 Å². The molecule has 0 aromatic heterocycles. The molecule has 2 N–H and O–H groups in total. The van der Waals surface area contributed by atoms with E-state index in [2.05, 4.69) is 31.4 Å². The van der Waals surface area contributed by atoms with Gasteiger partial charge < -0.3 is 10.6 Å². The van der Waals surface area contributed by atoms with E-state index in [-0.39, 0.29) is 18.3 Å². The Morgan fingerprint density at radius 2 is 1.79 bits per heavy atom. The Bertz CT molecular complexity index is 284. The number of halogens is 1. The molecule has 19 heavy (non-hydrogen) atoms. The number of carbonyl (C=O) groups excluding carboxylic acids is 1. The Kier molecular flexibility index (Phi) is 6.61. The number of piperidine rings is 1. The fourth-order valence-corrected chi connectivity index (χ4v) is 3.19. The minimum atomic E-state index is 0. The van der Waals surface area contributed by atoms with Gasteiger partial charge >= 0.3 is 0 Å². The molecular formula is C15H29ClN2O. The summed E-state index contributed by atoms with van der Waals surface area (Å²) < 4.78 is 0. The molecule has 2 aliphatic heterocycles. The lowest BCUT2D eigenvalue weighted by molar-refractivity contribution is -0.122. The largest absolute Gasteiger partial charge is 0.356 e. The van der Waals surface area contributed by atoms with Gasteiger partial charge in [0.25, 0.3) is 0 Å². The van der Waals surface area contributed by atoms with Crippen LogP contribution in [0.15, 0.2) is 0 Å². The van der Waals surface area contributed by atoms with Crippen LogP contribution in [0.5, 0.6) is 0 Å². The zero-order valence-electron chi connectivity index (χ0n) is 12.4. The topological polar surface area (TPSA) is 41.1 Å². The molecule has 0 aliphatic carbocycles. The van der Waals surface area contributed by atoms with Crippen LogP contribution in [-0.2, 0) is 4.79 Å². The Balaban J connectivity index is 0.00000180. The van der Waals surface area contributed by atoms with Crippen molar-refractivity contribution in [2.45, 2.75) is 65.0 Å². The van der Waals surface area contributed by atoms with E-state index in [4.69, 9.17) is 0 Å². The first-order valence-electron chi connectivity index (χ1n) is 7.57. The fraction of sp³-hybridized carbons (Fsp3) is 0.933. The van der Waals surface area contributed by atoms with Crippen molar-refractivity contribution in [3.8, 4) is 0 Å². The third-order valence-electron chi connectivity index (χ3n) is 4.80. The highest BCUT2D eigenvalue weighted by Crippen LogP contribution is 2.32. The van der Waals surface area contributed by atoms with Gasteiger partial charge in [0.15, 0.2) is 0 Å². The minimum Gasteiger partial charge on any atom is -0.356 e. The number of carbonyl (C=O) groups is 1. The van der Waals surface area contributed by atoms with E-state index in [1.165, 1.54) is 25.7 Å². The van der Waals surface area contributed by atoms with Crippen LogP contribution in [0.1, 0.15) is 52.9 Å². The Morgan fingerprint density at radius 3 is 2.32 bits per heavy atom. The fourth-order valence-electron chi connectivity index (χ4n) is 3.19. The smallest absolute Gasteiger partial charge is 0.220 e. The summed E-state index contributed by atoms with van der Waals surface area (Å²) in [4.78, 5) is 11.9. The van der Waals surface area contributed by atoms with Gasteiger partial charge in [-0.2, -0.15) is 0 Å². The first-order chi connectivity index (χ1) is 8.54. The highest BCUT2D eigenvalue weighted by atomic mass is 35.5. The Labute approximate surface area is 123 Å². The van der Waals surface area contributed by atoms with E-state index in [1.807, 2.05) is 0 Å². The van der Waals surface area contributed by atoms with Gasteiger partial charge in [-0.15, -0.1) is 12.4 Å². The van der Waals surface area contributed by atoms with Crippen LogP contribution < -0.4 is 10.6 Å². The SMILES string of the molecule is CC(C)C(C)CNC(=O)CC1CC2CCC(C1)N2.Cl. The number of hydrogen-bond donors (Lipinski definition) is 2. The zero-order valence-corrected chi connectivity index (χ0v) is 13.3. The van der Waals surface area contributed by atoms with E-state index in [9.17, 15) is 4.79 Å². The van der Waals surface area contributed by atoms with Crippen LogP contribution in [0.2, 0.25) is 0 Å². The van der Waals surface area contributed by atoms with E-state index in [0.29, 0.717) is 29.8 Å². The summed E-state index contributed by atoms with van der Waals surface area (Å²) in [5, 5.41) is 6.73. The van der Waals surface area contributed by atoms with E-state index < -0.39 is 0 Å². The predicted molar refractivity (Wildman–Crippen MR) is 81.5 cm³/mol. The molecule has 0 radical (unpaired) electrons. The van der Waals surface area contributed by atoms with Crippen LogP contribution in [0, 0.1) is 17.8 Å². The van der Waals surface area contributed by atoms with Crippen molar-refractivity contribution < 1.29 is 4.79 Å². The Morgan fingerprint density at radius 1 is 1.21 bits per heavy atom. The average molecular weight is 289 g/mol. The summed E-state index contributed by atoms with van der Waals surface area (Å²) >= 11 is 0. The lowest BCUT2D eigenvalue weighted by Crippen LogP contribution is -2.40. The molecule has 2 saturated heterocycles. The van der Waals surface area contributed by atoms with Crippen molar-refractivity contribution in [2.75, 3.05) is 6.54 Å². The molecule has 112 valence electrons. The van der Waals surface area contributed by atoms with Crippen LogP contribution >= 0.6 is 12.4 Å². The van der Waals surface area contributed by atoms with Crippen molar-refractivity contribution in [1.29, 1.82) is 0 Å². The van der Waals surface area contributed by atoms with Gasteiger partial charge in [-0.25, -0.2) is 0 Å². The summed E-state index contributed by atoms with van der Waals surface area (Å²) in [5.74, 6) is 2.07. The average Bonchev–Trinajstić information content (AvgIpc) is 2.65. The third kappa shape index (κ3) is 4.96. The van der Waals surface area contributed by atoms with Gasteiger partial charge in [0.2, 0.25) is 5.91 Å². The zero-order chi connectivity index (χ0) is 13.1. The number of rotatable bonds is 5. The Hall–Kier alpha value is -0.280. The summed E-state index contributed by atoms with van der Waals surface area (Å²) in [6.07, 6.45) is 5.76. The standard InChI is InChI=1S/C15H28N2O.ClH/c1-10(2)11(3)9-16-15(18)8-12-6-13-4-5-14(7-12)17-13;/h10-14,17H,4-9H2,1-3H3,(H,16,18);1H. The van der Waals surface area contributed by atoms with Gasteiger partial charge in [-0.05, 0) is 43.4 Å². The normalized spacial score (nSPS) is 30.8. The molecule has 2 aliphatic rings. The van der Waals surface area contributed by atoms with E-state index >= 15 is 0 Å². The quantitative estimate of drug-likeness (QED) is 0.817. The minimum absolute atomic E-state index is 0. The lowest BCUT2D eigenvalue weighted by Gasteiger charge is -2.28. The van der Waals surface area contributed by atoms with Crippen LogP contribution in [0.25, 0.3) is 0 Å². The van der Waals surface area contributed by atoms with Crippen molar-refractivity contribution in [3.05, 3.63) is 0 Å². The lowest BCUT2D eigenvalue weighted by atomic mass is 9.89. The molecule has 1 amide bonds. The van der Waals surface area contributed by atoms with E-state index in [0.717, 1.165) is 13.0 Å². The predicted octanol–water partition coefficient (Wildman–Crippen LogP) is 2.74. The first-order valence-corrected chi connectivity index (χ1v) is 7.57. The highest BCUT2D eigenvalue weighted by molar-refractivity contribution is 5.85. The molecule has 3 nitrogen and oxygen atoms in total. The maximum absolute atomic E-state index is 11.9. The molecule has 2 bridgehead atoms. The molecule has 3 unspecified atom stereocenters. The molecule has 0 saturated carbocycles. The van der Waals surface area contributed by atoms with Crippen LogP contribution in [0.3, 0.4) is 0 Å². The molecule has 2 heterocycles. The van der Waals surface area contributed by atoms with Gasteiger partial charge in [0.05, 0.1) is 0 Å². The van der Waals surface area contributed by atoms with Crippen molar-refractivity contribution in [2.24, 2.45) is 17.8 Å². The van der Waals surface area contributed by atoms with Crippen molar-refractivity contribution in [1.82, 2.24) is 10.6 Å². The first kappa shape index (κ1) is 16.8. The summed E-state index contributed by atoms with van der Waals surface area (Å²) in [5.41, 5.74) is 0. The van der Waals surface area contributed by atoms with Crippen molar-refractivity contribution >= 4 is 18.3 Å². The second-order valence-electron chi connectivity index (χ2n) is 6.70. The highest BCUT2D eigenvalue weighted by Gasteiger charge is 2.34. The van der Waals surface area contributed by atoms with Crippen LogP contribution in [-0.4, -0.2) is 24.5 Å². The third-order valence-corrected chi connectivity index (χ3v) is 4.80. The second kappa shape index (κ2) is 7.49. The molecule has 0 aromatic rings. The molecule has 3 atom stereocenters. The van der Waals surface area contributed by atoms with E-state index in [1.54, 1.807) is 0 Å². The van der Waals surface area contributed by atoms with Gasteiger partial charge in [0.1, 0.15) is 0 Å². The van der Waals surface area contributed by atoms with Gasteiger partial charge in [0, 0.05) is 25.0 Å². The molecule has 2 fully saturated rings. The summed E-state index contributed by atoms with van der Waals surface area (Å²) in [7, 11) is 0. The monoisotopic (exact) mass is 288 g/mol.